The number of imidazole rings is 1. The van der Waals surface area contributed by atoms with Crippen LogP contribution in [-0.2, 0) is 0 Å². The van der Waals surface area contributed by atoms with Crippen LogP contribution < -0.4 is 0 Å². The van der Waals surface area contributed by atoms with Crippen LogP contribution >= 0.6 is 0 Å². The topological polar surface area (TPSA) is 17.8 Å². The molecule has 0 saturated heterocycles. The maximum absolute atomic E-state index is 5.28. The van der Waals surface area contributed by atoms with Crippen LogP contribution in [-0.4, -0.2) is 9.55 Å². The summed E-state index contributed by atoms with van der Waals surface area (Å²) in [7, 11) is 0. The van der Waals surface area contributed by atoms with Crippen LogP contribution in [0.4, 0.5) is 0 Å². The van der Waals surface area contributed by atoms with Gasteiger partial charge in [0.2, 0.25) is 0 Å². The largest absolute Gasteiger partial charge is 0.292 e. The molecule has 0 unspecified atom stereocenters. The smallest absolute Gasteiger partial charge is 0.146 e. The number of hydrogen-bond acceptors (Lipinski definition) is 1. The van der Waals surface area contributed by atoms with Crippen LogP contribution in [0.2, 0.25) is 0 Å². The van der Waals surface area contributed by atoms with Crippen molar-refractivity contribution in [2.45, 2.75) is 13.8 Å². The van der Waals surface area contributed by atoms with Crippen molar-refractivity contribution in [2.24, 2.45) is 0 Å². The standard InChI is InChI=1S/C35H26N2/c1-23-19-21-25(22-20-23)33-26-12-4-6-14-28(26)34(29-15-7-5-13-27(29)33)35-36-30-16-8-10-18-32(30)37(35)31-17-9-3-11-24(31)2/h3-22H,1-2H3. The summed E-state index contributed by atoms with van der Waals surface area (Å²) < 4.78 is 2.34. The van der Waals surface area contributed by atoms with Crippen molar-refractivity contribution in [3.63, 3.8) is 0 Å². The van der Waals surface area contributed by atoms with Gasteiger partial charge in [0, 0.05) is 5.56 Å². The number of fused-ring (bicyclic) bond motifs is 3. The number of aromatic nitrogens is 2. The first-order chi connectivity index (χ1) is 18.2. The lowest BCUT2D eigenvalue weighted by Crippen LogP contribution is -2.01. The monoisotopic (exact) mass is 474 g/mol. The Kier molecular flexibility index (Phi) is 4.93. The average Bonchev–Trinajstić information content (AvgIpc) is 3.31. The predicted octanol–water partition coefficient (Wildman–Crippen LogP) is 9.28. The average molecular weight is 475 g/mol. The minimum Gasteiger partial charge on any atom is -0.292 e. The fraction of sp³-hybridized carbons (Fsp3) is 0.0571. The van der Waals surface area contributed by atoms with E-state index in [0.29, 0.717) is 0 Å². The van der Waals surface area contributed by atoms with Gasteiger partial charge in [0.1, 0.15) is 5.82 Å². The van der Waals surface area contributed by atoms with Crippen LogP contribution in [0.5, 0.6) is 0 Å². The summed E-state index contributed by atoms with van der Waals surface area (Å²) in [4.78, 5) is 5.28. The maximum Gasteiger partial charge on any atom is 0.146 e. The fourth-order valence-corrected chi connectivity index (χ4v) is 5.65. The molecule has 0 radical (unpaired) electrons. The van der Waals surface area contributed by atoms with Crippen LogP contribution in [0.25, 0.3) is 60.8 Å². The van der Waals surface area contributed by atoms with E-state index in [1.165, 1.54) is 49.4 Å². The van der Waals surface area contributed by atoms with Crippen molar-refractivity contribution in [1.82, 2.24) is 9.55 Å². The molecule has 0 aliphatic heterocycles. The van der Waals surface area contributed by atoms with Crippen molar-refractivity contribution in [3.05, 3.63) is 132 Å². The molecule has 1 heterocycles. The molecule has 0 amide bonds. The molecule has 2 heteroatoms. The van der Waals surface area contributed by atoms with Crippen molar-refractivity contribution in [3.8, 4) is 28.2 Å². The van der Waals surface area contributed by atoms with E-state index < -0.39 is 0 Å². The highest BCUT2D eigenvalue weighted by molar-refractivity contribution is 6.21. The summed E-state index contributed by atoms with van der Waals surface area (Å²) in [5, 5.41) is 4.90. The molecule has 7 aromatic rings. The first-order valence-electron chi connectivity index (χ1n) is 12.7. The number of benzene rings is 6. The van der Waals surface area contributed by atoms with E-state index in [4.69, 9.17) is 4.98 Å². The molecule has 0 atom stereocenters. The Morgan fingerprint density at radius 3 is 1.70 bits per heavy atom. The van der Waals surface area contributed by atoms with Gasteiger partial charge in [-0.15, -0.1) is 0 Å². The highest BCUT2D eigenvalue weighted by Crippen LogP contribution is 2.44. The fourth-order valence-electron chi connectivity index (χ4n) is 5.65. The Morgan fingerprint density at radius 2 is 1.05 bits per heavy atom. The van der Waals surface area contributed by atoms with E-state index in [0.717, 1.165) is 22.5 Å². The zero-order chi connectivity index (χ0) is 24.9. The van der Waals surface area contributed by atoms with Crippen molar-refractivity contribution >= 4 is 32.6 Å². The molecule has 0 saturated carbocycles. The van der Waals surface area contributed by atoms with Gasteiger partial charge in [-0.05, 0) is 70.3 Å². The van der Waals surface area contributed by atoms with Gasteiger partial charge < -0.3 is 0 Å². The predicted molar refractivity (Wildman–Crippen MR) is 156 cm³/mol. The maximum atomic E-state index is 5.28. The molecule has 2 nitrogen and oxygen atoms in total. The highest BCUT2D eigenvalue weighted by Gasteiger charge is 2.22. The van der Waals surface area contributed by atoms with Crippen molar-refractivity contribution in [2.75, 3.05) is 0 Å². The van der Waals surface area contributed by atoms with Gasteiger partial charge in [0.05, 0.1) is 16.7 Å². The number of rotatable bonds is 3. The van der Waals surface area contributed by atoms with Gasteiger partial charge >= 0.3 is 0 Å². The van der Waals surface area contributed by atoms with Crippen LogP contribution in [0.3, 0.4) is 0 Å². The lowest BCUT2D eigenvalue weighted by Gasteiger charge is -2.19. The van der Waals surface area contributed by atoms with Crippen LogP contribution in [0.1, 0.15) is 11.1 Å². The Morgan fingerprint density at radius 1 is 0.514 bits per heavy atom. The van der Waals surface area contributed by atoms with Gasteiger partial charge in [0.15, 0.2) is 0 Å². The summed E-state index contributed by atoms with van der Waals surface area (Å²) in [5.41, 5.74) is 9.42. The number of para-hydroxylation sites is 3. The van der Waals surface area contributed by atoms with Gasteiger partial charge in [-0.1, -0.05) is 109 Å². The quantitative estimate of drug-likeness (QED) is 0.233. The van der Waals surface area contributed by atoms with Gasteiger partial charge in [-0.3, -0.25) is 4.57 Å². The molecule has 37 heavy (non-hydrogen) atoms. The highest BCUT2D eigenvalue weighted by atomic mass is 15.1. The number of aryl methyl sites for hydroxylation is 2. The molecule has 0 spiro atoms. The lowest BCUT2D eigenvalue weighted by atomic mass is 9.88. The first kappa shape index (κ1) is 21.6. The summed E-state index contributed by atoms with van der Waals surface area (Å²) in [5.74, 6) is 0.971. The second-order valence-corrected chi connectivity index (χ2v) is 9.75. The second kappa shape index (κ2) is 8.46. The Hall–Kier alpha value is -4.69. The molecule has 176 valence electrons. The first-order valence-corrected chi connectivity index (χ1v) is 12.7. The summed E-state index contributed by atoms with van der Waals surface area (Å²) in [6.45, 7) is 4.31. The molecule has 0 aliphatic rings. The van der Waals surface area contributed by atoms with E-state index in [-0.39, 0.29) is 0 Å². The molecular formula is C35H26N2. The van der Waals surface area contributed by atoms with E-state index in [2.05, 4.69) is 140 Å². The zero-order valence-corrected chi connectivity index (χ0v) is 20.9. The van der Waals surface area contributed by atoms with E-state index in [1.54, 1.807) is 0 Å². The minimum absolute atomic E-state index is 0.971. The number of hydrogen-bond donors (Lipinski definition) is 0. The molecule has 0 N–H and O–H groups in total. The number of nitrogens with zero attached hydrogens (tertiary/aromatic N) is 2. The second-order valence-electron chi connectivity index (χ2n) is 9.75. The molecule has 0 aliphatic carbocycles. The zero-order valence-electron chi connectivity index (χ0n) is 20.9. The minimum atomic E-state index is 0.971. The van der Waals surface area contributed by atoms with Crippen molar-refractivity contribution in [1.29, 1.82) is 0 Å². The van der Waals surface area contributed by atoms with Crippen LogP contribution in [0, 0.1) is 13.8 Å². The molecule has 0 bridgehead atoms. The van der Waals surface area contributed by atoms with Crippen molar-refractivity contribution < 1.29 is 0 Å². The summed E-state index contributed by atoms with van der Waals surface area (Å²) in [6.07, 6.45) is 0. The van der Waals surface area contributed by atoms with E-state index in [1.807, 2.05) is 0 Å². The summed E-state index contributed by atoms with van der Waals surface area (Å²) in [6, 6.07) is 43.5. The molecule has 1 aromatic heterocycles. The van der Waals surface area contributed by atoms with E-state index in [9.17, 15) is 0 Å². The third-order valence-corrected chi connectivity index (χ3v) is 7.41. The third-order valence-electron chi connectivity index (χ3n) is 7.41. The van der Waals surface area contributed by atoms with Crippen LogP contribution in [0.15, 0.2) is 121 Å². The Labute approximate surface area is 216 Å². The third kappa shape index (κ3) is 3.37. The lowest BCUT2D eigenvalue weighted by molar-refractivity contribution is 1.09. The van der Waals surface area contributed by atoms with Gasteiger partial charge in [0.25, 0.3) is 0 Å². The SMILES string of the molecule is Cc1ccc(-c2c3ccccc3c(-c3nc4ccccc4n3-c3ccccc3C)c3ccccc23)cc1. The van der Waals surface area contributed by atoms with E-state index >= 15 is 0 Å². The Balaban J connectivity index is 1.67. The molecular weight excluding hydrogens is 448 g/mol. The normalized spacial score (nSPS) is 11.5. The van der Waals surface area contributed by atoms with Gasteiger partial charge in [-0.2, -0.15) is 0 Å². The Bertz CT molecular complexity index is 1880. The van der Waals surface area contributed by atoms with Gasteiger partial charge in [-0.25, -0.2) is 4.98 Å². The summed E-state index contributed by atoms with van der Waals surface area (Å²) >= 11 is 0. The molecule has 7 rings (SSSR count). The molecule has 0 fully saturated rings. The molecule has 6 aromatic carbocycles.